The molecule has 0 N–H and O–H groups in total. The van der Waals surface area contributed by atoms with E-state index >= 15 is 0 Å². The van der Waals surface area contributed by atoms with Crippen LogP contribution in [0.3, 0.4) is 0 Å². The smallest absolute Gasteiger partial charge is 0.268 e. The molecule has 0 saturated carbocycles. The number of nitro benzene ring substituents is 3. The zero-order valence-corrected chi connectivity index (χ0v) is 12.5. The molecule has 2 aromatic rings. The van der Waals surface area contributed by atoms with Crippen molar-refractivity contribution in [2.24, 2.45) is 0 Å². The summed E-state index contributed by atoms with van der Waals surface area (Å²) in [6.45, 7) is 0. The maximum Gasteiger partial charge on any atom is 0.278 e. The molecule has 2 aromatic carbocycles. The number of imide groups is 1. The standard InChI is InChI=1S/C14H6N4O8/c19-13-11-2-1-7(16(21)22)6-12(11)14(20)15(13)8-3-9(17(23)24)5-10(4-8)18(25)26/h1-6H. The highest BCUT2D eigenvalue weighted by molar-refractivity contribution is 6.34. The van der Waals surface area contributed by atoms with Crippen molar-refractivity contribution in [1.29, 1.82) is 0 Å². The summed E-state index contributed by atoms with van der Waals surface area (Å²) >= 11 is 0. The number of carbonyl (C=O) groups is 2. The van der Waals surface area contributed by atoms with Crippen LogP contribution < -0.4 is 4.90 Å². The van der Waals surface area contributed by atoms with E-state index in [2.05, 4.69) is 0 Å². The van der Waals surface area contributed by atoms with Gasteiger partial charge in [0.1, 0.15) is 0 Å². The third-order valence-electron chi connectivity index (χ3n) is 3.65. The lowest BCUT2D eigenvalue weighted by atomic mass is 10.1. The number of fused-ring (bicyclic) bond motifs is 1. The Kier molecular flexibility index (Phi) is 3.64. The average Bonchev–Trinajstić information content (AvgIpc) is 2.84. The number of carbonyl (C=O) groups excluding carboxylic acids is 2. The minimum Gasteiger partial charge on any atom is -0.268 e. The van der Waals surface area contributed by atoms with Crippen LogP contribution in [0, 0.1) is 30.3 Å². The van der Waals surface area contributed by atoms with Gasteiger partial charge in [-0.2, -0.15) is 0 Å². The highest BCUT2D eigenvalue weighted by Crippen LogP contribution is 2.34. The molecule has 1 aliphatic rings. The number of benzene rings is 2. The first-order valence-corrected chi connectivity index (χ1v) is 6.82. The van der Waals surface area contributed by atoms with Gasteiger partial charge in [0, 0.05) is 24.3 Å². The molecule has 1 aliphatic heterocycles. The minimum atomic E-state index is -0.969. The highest BCUT2D eigenvalue weighted by Gasteiger charge is 2.39. The van der Waals surface area contributed by atoms with Gasteiger partial charge in [-0.05, 0) is 6.07 Å². The molecule has 130 valence electrons. The van der Waals surface area contributed by atoms with Crippen molar-refractivity contribution in [3.8, 4) is 0 Å². The normalized spacial score (nSPS) is 12.8. The number of hydrogen-bond acceptors (Lipinski definition) is 8. The predicted octanol–water partition coefficient (Wildman–Crippen LogP) is 2.21. The molecule has 0 saturated heterocycles. The molecule has 12 heteroatoms. The van der Waals surface area contributed by atoms with Crippen molar-refractivity contribution in [3.05, 3.63) is 77.9 Å². The van der Waals surface area contributed by atoms with E-state index in [9.17, 15) is 39.9 Å². The quantitative estimate of drug-likeness (QED) is 0.455. The van der Waals surface area contributed by atoms with E-state index in [1.54, 1.807) is 0 Å². The van der Waals surface area contributed by atoms with Crippen LogP contribution in [0.25, 0.3) is 0 Å². The zero-order chi connectivity index (χ0) is 19.2. The van der Waals surface area contributed by atoms with E-state index in [4.69, 9.17) is 0 Å². The van der Waals surface area contributed by atoms with Crippen molar-refractivity contribution in [1.82, 2.24) is 0 Å². The number of hydrogen-bond donors (Lipinski definition) is 0. The first kappa shape index (κ1) is 16.6. The Balaban J connectivity index is 2.15. The largest absolute Gasteiger partial charge is 0.278 e. The molecule has 0 aliphatic carbocycles. The maximum atomic E-state index is 12.5. The van der Waals surface area contributed by atoms with E-state index in [0.717, 1.165) is 30.3 Å². The number of rotatable bonds is 4. The molecule has 0 spiro atoms. The third kappa shape index (κ3) is 2.50. The summed E-state index contributed by atoms with van der Waals surface area (Å²) in [5, 5.41) is 32.8. The van der Waals surface area contributed by atoms with Gasteiger partial charge >= 0.3 is 0 Å². The molecular weight excluding hydrogens is 352 g/mol. The molecule has 0 unspecified atom stereocenters. The lowest BCUT2D eigenvalue weighted by Gasteiger charge is -2.13. The van der Waals surface area contributed by atoms with E-state index in [1.807, 2.05) is 0 Å². The fourth-order valence-corrected chi connectivity index (χ4v) is 2.50. The summed E-state index contributed by atoms with van der Waals surface area (Å²) in [4.78, 5) is 55.6. The Morgan fingerprint density at radius 3 is 1.65 bits per heavy atom. The zero-order valence-electron chi connectivity index (χ0n) is 12.5. The summed E-state index contributed by atoms with van der Waals surface area (Å²) in [6.07, 6.45) is 0. The maximum absolute atomic E-state index is 12.5. The predicted molar refractivity (Wildman–Crippen MR) is 84.0 cm³/mol. The Morgan fingerprint density at radius 1 is 0.654 bits per heavy atom. The Bertz CT molecular complexity index is 999. The molecule has 3 rings (SSSR count). The van der Waals surface area contributed by atoms with Crippen LogP contribution in [0.1, 0.15) is 20.7 Å². The van der Waals surface area contributed by atoms with E-state index in [0.29, 0.717) is 11.0 Å². The van der Waals surface area contributed by atoms with Crippen molar-refractivity contribution in [2.45, 2.75) is 0 Å². The lowest BCUT2D eigenvalue weighted by Crippen LogP contribution is -2.29. The van der Waals surface area contributed by atoms with Gasteiger partial charge in [-0.15, -0.1) is 0 Å². The van der Waals surface area contributed by atoms with Gasteiger partial charge in [0.2, 0.25) is 0 Å². The molecular formula is C14H6N4O8. The van der Waals surface area contributed by atoms with Gasteiger partial charge in [0.05, 0.1) is 37.7 Å². The Labute approximate surface area is 142 Å². The minimum absolute atomic E-state index is 0.144. The van der Waals surface area contributed by atoms with Crippen molar-refractivity contribution in [3.63, 3.8) is 0 Å². The monoisotopic (exact) mass is 358 g/mol. The second-order valence-corrected chi connectivity index (χ2v) is 5.15. The van der Waals surface area contributed by atoms with Crippen LogP contribution in [-0.2, 0) is 0 Å². The Morgan fingerprint density at radius 2 is 1.15 bits per heavy atom. The first-order valence-electron chi connectivity index (χ1n) is 6.82. The van der Waals surface area contributed by atoms with Crippen molar-refractivity contribution >= 4 is 34.6 Å². The Hall–Kier alpha value is -4.22. The van der Waals surface area contributed by atoms with Gasteiger partial charge in [0.25, 0.3) is 28.9 Å². The van der Waals surface area contributed by atoms with Gasteiger partial charge in [-0.1, -0.05) is 0 Å². The molecule has 12 nitrogen and oxygen atoms in total. The van der Waals surface area contributed by atoms with Gasteiger partial charge in [-0.3, -0.25) is 39.9 Å². The molecule has 0 atom stereocenters. The number of nitro groups is 3. The van der Waals surface area contributed by atoms with Crippen molar-refractivity contribution in [2.75, 3.05) is 4.90 Å². The van der Waals surface area contributed by atoms with E-state index < -0.39 is 43.6 Å². The van der Waals surface area contributed by atoms with E-state index in [-0.39, 0.29) is 16.8 Å². The van der Waals surface area contributed by atoms with Gasteiger partial charge < -0.3 is 0 Å². The van der Waals surface area contributed by atoms with Gasteiger partial charge in [-0.25, -0.2) is 4.90 Å². The molecule has 1 heterocycles. The molecule has 26 heavy (non-hydrogen) atoms. The summed E-state index contributed by atoms with van der Waals surface area (Å²) in [5.74, 6) is -1.86. The van der Waals surface area contributed by atoms with Crippen LogP contribution in [-0.4, -0.2) is 26.6 Å². The SMILES string of the molecule is O=C1c2ccc([N+](=O)[O-])cc2C(=O)N1c1cc([N+](=O)[O-])cc([N+](=O)[O-])c1. The number of nitrogens with zero attached hydrogens (tertiary/aromatic N) is 4. The first-order chi connectivity index (χ1) is 12.2. The molecule has 0 aromatic heterocycles. The summed E-state index contributed by atoms with van der Waals surface area (Å²) in [6, 6.07) is 5.38. The number of anilines is 1. The second-order valence-electron chi connectivity index (χ2n) is 5.15. The fourth-order valence-electron chi connectivity index (χ4n) is 2.50. The van der Waals surface area contributed by atoms with Gasteiger partial charge in [0.15, 0.2) is 0 Å². The van der Waals surface area contributed by atoms with Crippen LogP contribution in [0.4, 0.5) is 22.7 Å². The second kappa shape index (κ2) is 5.70. The third-order valence-corrected chi connectivity index (χ3v) is 3.65. The molecule has 0 fully saturated rings. The van der Waals surface area contributed by atoms with Crippen LogP contribution in [0.5, 0.6) is 0 Å². The van der Waals surface area contributed by atoms with Crippen LogP contribution >= 0.6 is 0 Å². The summed E-state index contributed by atoms with van der Waals surface area (Å²) < 4.78 is 0. The van der Waals surface area contributed by atoms with E-state index in [1.165, 1.54) is 0 Å². The lowest BCUT2D eigenvalue weighted by molar-refractivity contribution is -0.394. The summed E-state index contributed by atoms with van der Waals surface area (Å²) in [5.41, 5.74) is -2.57. The molecule has 0 bridgehead atoms. The number of non-ortho nitro benzene ring substituents is 3. The average molecular weight is 358 g/mol. The molecule has 0 radical (unpaired) electrons. The van der Waals surface area contributed by atoms with Crippen LogP contribution in [0.2, 0.25) is 0 Å². The summed E-state index contributed by atoms with van der Waals surface area (Å²) in [7, 11) is 0. The highest BCUT2D eigenvalue weighted by atomic mass is 16.6. The molecule has 2 amide bonds. The fraction of sp³-hybridized carbons (Fsp3) is 0. The van der Waals surface area contributed by atoms with Crippen molar-refractivity contribution < 1.29 is 24.4 Å². The topological polar surface area (TPSA) is 167 Å². The van der Waals surface area contributed by atoms with Crippen LogP contribution in [0.15, 0.2) is 36.4 Å². The number of amides is 2.